The van der Waals surface area contributed by atoms with E-state index in [0.717, 1.165) is 28.6 Å². The highest BCUT2D eigenvalue weighted by Gasteiger charge is 2.27. The molecule has 2 aromatic rings. The molecule has 0 radical (unpaired) electrons. The predicted octanol–water partition coefficient (Wildman–Crippen LogP) is 1.32. The molecule has 0 aliphatic heterocycles. The van der Waals surface area contributed by atoms with Crippen LogP contribution >= 0.6 is 11.3 Å². The minimum Gasteiger partial charge on any atom is -0.377 e. The van der Waals surface area contributed by atoms with E-state index in [-0.39, 0.29) is 6.04 Å². The summed E-state index contributed by atoms with van der Waals surface area (Å²) in [5, 5.41) is 13.9. The van der Waals surface area contributed by atoms with Crippen molar-refractivity contribution in [3.05, 3.63) is 10.8 Å². The summed E-state index contributed by atoms with van der Waals surface area (Å²) in [5.41, 5.74) is 6.19. The van der Waals surface area contributed by atoms with Gasteiger partial charge in [0.1, 0.15) is 11.6 Å². The molecule has 18 heavy (non-hydrogen) atoms. The van der Waals surface area contributed by atoms with Gasteiger partial charge in [-0.25, -0.2) is 0 Å². The van der Waals surface area contributed by atoms with Gasteiger partial charge in [0, 0.05) is 19.1 Å². The van der Waals surface area contributed by atoms with Gasteiger partial charge in [-0.05, 0) is 12.8 Å². The maximum atomic E-state index is 6.19. The molecule has 0 saturated heterocycles. The van der Waals surface area contributed by atoms with E-state index in [2.05, 4.69) is 15.3 Å². The average Bonchev–Trinajstić information content (AvgIpc) is 2.92. The Balaban J connectivity index is 1.92. The smallest absolute Gasteiger partial charge is 0.234 e. The van der Waals surface area contributed by atoms with E-state index in [1.165, 1.54) is 12.8 Å². The third-order valence-corrected chi connectivity index (χ3v) is 4.51. The zero-order valence-corrected chi connectivity index (χ0v) is 11.2. The van der Waals surface area contributed by atoms with Gasteiger partial charge < -0.3 is 10.5 Å². The number of nitrogens with two attached hydrogens (primary N) is 1. The second-order valence-corrected chi connectivity index (χ2v) is 5.73. The van der Waals surface area contributed by atoms with E-state index in [1.807, 2.05) is 0 Å². The van der Waals surface area contributed by atoms with E-state index in [0.29, 0.717) is 12.5 Å². The maximum absolute atomic E-state index is 6.19. The molecule has 2 atom stereocenters. The predicted molar refractivity (Wildman–Crippen MR) is 68.6 cm³/mol. The summed E-state index contributed by atoms with van der Waals surface area (Å²) in [4.78, 5) is 0.829. The lowest BCUT2D eigenvalue weighted by molar-refractivity contribution is 0.176. The molecule has 7 heteroatoms. The standard InChI is InChI=1S/C11H17N5OS/c1-17-6-9-13-14-11-16(9)15-10(18-11)7-4-2-3-5-8(7)12/h7-8H,2-6,12H2,1H3. The van der Waals surface area contributed by atoms with Gasteiger partial charge in [0.15, 0.2) is 5.82 Å². The zero-order chi connectivity index (χ0) is 12.5. The molecule has 0 bridgehead atoms. The monoisotopic (exact) mass is 267 g/mol. The third kappa shape index (κ3) is 2.02. The van der Waals surface area contributed by atoms with E-state index in [4.69, 9.17) is 10.5 Å². The lowest BCUT2D eigenvalue weighted by Crippen LogP contribution is -2.31. The first-order valence-corrected chi connectivity index (χ1v) is 7.07. The fourth-order valence-corrected chi connectivity index (χ4v) is 3.58. The van der Waals surface area contributed by atoms with Crippen LogP contribution in [0.25, 0.3) is 4.96 Å². The van der Waals surface area contributed by atoms with E-state index >= 15 is 0 Å². The molecule has 2 N–H and O–H groups in total. The molecule has 1 aliphatic carbocycles. The second kappa shape index (κ2) is 4.91. The van der Waals surface area contributed by atoms with Crippen LogP contribution in [-0.2, 0) is 11.3 Å². The summed E-state index contributed by atoms with van der Waals surface area (Å²) >= 11 is 1.60. The molecule has 2 unspecified atom stereocenters. The fraction of sp³-hybridized carbons (Fsp3) is 0.727. The average molecular weight is 267 g/mol. The van der Waals surface area contributed by atoms with Crippen molar-refractivity contribution in [2.75, 3.05) is 7.11 Å². The lowest BCUT2D eigenvalue weighted by Gasteiger charge is -2.26. The SMILES string of the molecule is COCc1nnc2sc(C3CCCCC3N)nn12. The van der Waals surface area contributed by atoms with Crippen molar-refractivity contribution < 1.29 is 4.74 Å². The van der Waals surface area contributed by atoms with Crippen LogP contribution in [0.1, 0.15) is 42.4 Å². The van der Waals surface area contributed by atoms with Gasteiger partial charge in [-0.15, -0.1) is 10.2 Å². The summed E-state index contributed by atoms with van der Waals surface area (Å²) in [6.45, 7) is 0.432. The molecule has 0 spiro atoms. The van der Waals surface area contributed by atoms with Crippen LogP contribution < -0.4 is 5.73 Å². The molecule has 2 heterocycles. The Morgan fingerprint density at radius 3 is 3.00 bits per heavy atom. The molecular formula is C11H17N5OS. The first-order valence-electron chi connectivity index (χ1n) is 6.25. The number of ether oxygens (including phenoxy) is 1. The van der Waals surface area contributed by atoms with Crippen molar-refractivity contribution in [3.63, 3.8) is 0 Å². The number of nitrogens with zero attached hydrogens (tertiary/aromatic N) is 4. The van der Waals surface area contributed by atoms with Crippen LogP contribution in [-0.4, -0.2) is 33.0 Å². The molecule has 98 valence electrons. The summed E-state index contributed by atoms with van der Waals surface area (Å²) in [6, 6.07) is 0.230. The van der Waals surface area contributed by atoms with Crippen LogP contribution in [0, 0.1) is 0 Å². The quantitative estimate of drug-likeness (QED) is 0.907. The molecule has 0 aromatic carbocycles. The second-order valence-electron chi connectivity index (χ2n) is 4.74. The van der Waals surface area contributed by atoms with Crippen LogP contribution in [0.4, 0.5) is 0 Å². The van der Waals surface area contributed by atoms with E-state index < -0.39 is 0 Å². The molecular weight excluding hydrogens is 250 g/mol. The van der Waals surface area contributed by atoms with Gasteiger partial charge in [-0.1, -0.05) is 24.2 Å². The van der Waals surface area contributed by atoms with Crippen molar-refractivity contribution in [2.45, 2.75) is 44.2 Å². The van der Waals surface area contributed by atoms with Crippen molar-refractivity contribution in [2.24, 2.45) is 5.73 Å². The van der Waals surface area contributed by atoms with Gasteiger partial charge in [0.2, 0.25) is 4.96 Å². The number of rotatable bonds is 3. The van der Waals surface area contributed by atoms with E-state index in [1.54, 1.807) is 23.0 Å². The van der Waals surface area contributed by atoms with Crippen molar-refractivity contribution in [1.29, 1.82) is 0 Å². The minimum atomic E-state index is 0.230. The molecule has 2 aromatic heterocycles. The van der Waals surface area contributed by atoms with Crippen LogP contribution in [0.15, 0.2) is 0 Å². The molecule has 6 nitrogen and oxygen atoms in total. The Morgan fingerprint density at radius 2 is 2.22 bits per heavy atom. The maximum Gasteiger partial charge on any atom is 0.234 e. The number of methoxy groups -OCH3 is 1. The molecule has 1 saturated carbocycles. The highest BCUT2D eigenvalue weighted by molar-refractivity contribution is 7.16. The summed E-state index contributed by atoms with van der Waals surface area (Å²) in [6.07, 6.45) is 4.70. The number of hydrogen-bond donors (Lipinski definition) is 1. The normalized spacial score (nSPS) is 24.8. The summed E-state index contributed by atoms with van der Waals surface area (Å²) in [7, 11) is 1.64. The van der Waals surface area contributed by atoms with Gasteiger partial charge >= 0.3 is 0 Å². The highest BCUT2D eigenvalue weighted by atomic mass is 32.1. The van der Waals surface area contributed by atoms with Gasteiger partial charge in [0.25, 0.3) is 0 Å². The van der Waals surface area contributed by atoms with Crippen molar-refractivity contribution in [1.82, 2.24) is 19.8 Å². The Hall–Kier alpha value is -1.05. The molecule has 1 aliphatic rings. The highest BCUT2D eigenvalue weighted by Crippen LogP contribution is 2.34. The minimum absolute atomic E-state index is 0.230. The number of aromatic nitrogens is 4. The Bertz CT molecular complexity index is 537. The van der Waals surface area contributed by atoms with Gasteiger partial charge in [0.05, 0.1) is 0 Å². The Labute approximate surface area is 109 Å². The summed E-state index contributed by atoms with van der Waals surface area (Å²) in [5.74, 6) is 1.13. The topological polar surface area (TPSA) is 78.3 Å². The zero-order valence-electron chi connectivity index (χ0n) is 10.4. The number of hydrogen-bond acceptors (Lipinski definition) is 6. The Morgan fingerprint density at radius 1 is 1.39 bits per heavy atom. The van der Waals surface area contributed by atoms with Crippen molar-refractivity contribution in [3.8, 4) is 0 Å². The largest absolute Gasteiger partial charge is 0.377 e. The van der Waals surface area contributed by atoms with Gasteiger partial charge in [-0.3, -0.25) is 0 Å². The van der Waals surface area contributed by atoms with Crippen LogP contribution in [0.3, 0.4) is 0 Å². The number of fused-ring (bicyclic) bond motifs is 1. The molecule has 3 rings (SSSR count). The van der Waals surface area contributed by atoms with Gasteiger partial charge in [-0.2, -0.15) is 9.61 Å². The lowest BCUT2D eigenvalue weighted by atomic mass is 9.86. The summed E-state index contributed by atoms with van der Waals surface area (Å²) < 4.78 is 6.87. The first kappa shape index (κ1) is 12.0. The third-order valence-electron chi connectivity index (χ3n) is 3.48. The Kier molecular flexibility index (Phi) is 3.27. The van der Waals surface area contributed by atoms with Crippen LogP contribution in [0.5, 0.6) is 0 Å². The first-order chi connectivity index (χ1) is 8.79. The van der Waals surface area contributed by atoms with Crippen LogP contribution in [0.2, 0.25) is 0 Å². The molecule has 0 amide bonds. The fourth-order valence-electron chi connectivity index (χ4n) is 2.51. The molecule has 1 fully saturated rings. The van der Waals surface area contributed by atoms with Crippen molar-refractivity contribution >= 4 is 16.3 Å². The van der Waals surface area contributed by atoms with E-state index in [9.17, 15) is 0 Å².